The van der Waals surface area contributed by atoms with Crippen LogP contribution in [0.1, 0.15) is 25.0 Å². The van der Waals surface area contributed by atoms with E-state index < -0.39 is 32.3 Å². The Hall–Kier alpha value is -1.88. The van der Waals surface area contributed by atoms with Crippen LogP contribution in [0, 0.1) is 0 Å². The van der Waals surface area contributed by atoms with E-state index in [1.54, 1.807) is 13.8 Å². The molecule has 2 rings (SSSR count). The second kappa shape index (κ2) is 8.24. The zero-order valence-electron chi connectivity index (χ0n) is 15.0. The van der Waals surface area contributed by atoms with Crippen molar-refractivity contribution in [3.05, 3.63) is 53.6 Å². The highest BCUT2D eigenvalue weighted by molar-refractivity contribution is 6.74. The van der Waals surface area contributed by atoms with Crippen molar-refractivity contribution in [2.24, 2.45) is 0 Å². The van der Waals surface area contributed by atoms with Gasteiger partial charge in [0.1, 0.15) is 0 Å². The van der Waals surface area contributed by atoms with Crippen LogP contribution in [0.5, 0.6) is 0 Å². The summed E-state index contributed by atoms with van der Waals surface area (Å²) in [6.45, 7) is 3.67. The Morgan fingerprint density at radius 3 is 1.54 bits per heavy atom. The molecule has 0 saturated heterocycles. The van der Waals surface area contributed by atoms with Crippen molar-refractivity contribution in [3.8, 4) is 11.1 Å². The van der Waals surface area contributed by atoms with E-state index in [0.29, 0.717) is 17.3 Å². The Labute approximate surface area is 158 Å². The number of hydrogen-bond acceptors (Lipinski definition) is 3. The Bertz CT molecular complexity index is 764. The van der Waals surface area contributed by atoms with Gasteiger partial charge in [-0.3, -0.25) is 0 Å². The van der Waals surface area contributed by atoms with Gasteiger partial charge in [0.25, 0.3) is 0 Å². The maximum atomic E-state index is 13.0. The average molecular weight is 424 g/mol. The van der Waals surface area contributed by atoms with E-state index in [4.69, 9.17) is 8.85 Å². The SMILES string of the molecule is CCO[Si](O)(OCC)c1ccc(-c2cc(C(F)(F)F)cc(C(F)(F)F)c2)cc1. The van der Waals surface area contributed by atoms with Gasteiger partial charge < -0.3 is 13.6 Å². The molecule has 3 nitrogen and oxygen atoms in total. The largest absolute Gasteiger partial charge is 0.534 e. The van der Waals surface area contributed by atoms with Crippen molar-refractivity contribution in [3.63, 3.8) is 0 Å². The predicted molar refractivity (Wildman–Crippen MR) is 92.7 cm³/mol. The monoisotopic (exact) mass is 424 g/mol. The van der Waals surface area contributed by atoms with Crippen LogP contribution in [0.25, 0.3) is 11.1 Å². The molecule has 0 bridgehead atoms. The summed E-state index contributed by atoms with van der Waals surface area (Å²) in [7, 11) is -3.69. The van der Waals surface area contributed by atoms with Crippen LogP contribution in [0.15, 0.2) is 42.5 Å². The molecule has 0 radical (unpaired) electrons. The summed E-state index contributed by atoms with van der Waals surface area (Å²) in [5, 5.41) is 0.294. The molecule has 0 unspecified atom stereocenters. The number of halogens is 6. The molecule has 0 aliphatic heterocycles. The topological polar surface area (TPSA) is 38.7 Å². The van der Waals surface area contributed by atoms with Crippen LogP contribution in [-0.2, 0) is 21.2 Å². The Morgan fingerprint density at radius 2 is 1.18 bits per heavy atom. The number of rotatable bonds is 6. The maximum Gasteiger partial charge on any atom is 0.534 e. The highest BCUT2D eigenvalue weighted by Gasteiger charge is 2.39. The molecular formula is C18H18F6O3Si. The van der Waals surface area contributed by atoms with E-state index in [2.05, 4.69) is 0 Å². The van der Waals surface area contributed by atoms with Crippen LogP contribution < -0.4 is 5.19 Å². The van der Waals surface area contributed by atoms with Gasteiger partial charge in [-0.1, -0.05) is 24.3 Å². The van der Waals surface area contributed by atoms with Crippen molar-refractivity contribution >= 4 is 14.0 Å². The summed E-state index contributed by atoms with van der Waals surface area (Å²) in [5.74, 6) is 0. The lowest BCUT2D eigenvalue weighted by Gasteiger charge is -2.23. The molecule has 0 aliphatic rings. The van der Waals surface area contributed by atoms with Crippen molar-refractivity contribution in [1.82, 2.24) is 0 Å². The molecule has 2 aromatic carbocycles. The minimum atomic E-state index is -4.92. The van der Waals surface area contributed by atoms with E-state index in [9.17, 15) is 31.1 Å². The van der Waals surface area contributed by atoms with Crippen LogP contribution in [-0.4, -0.2) is 26.8 Å². The molecule has 28 heavy (non-hydrogen) atoms. The second-order valence-electron chi connectivity index (χ2n) is 5.82. The smallest absolute Gasteiger partial charge is 0.386 e. The van der Waals surface area contributed by atoms with E-state index in [1.165, 1.54) is 24.3 Å². The third-order valence-corrected chi connectivity index (χ3v) is 6.27. The van der Waals surface area contributed by atoms with Gasteiger partial charge in [-0.15, -0.1) is 0 Å². The molecule has 0 atom stereocenters. The molecule has 0 amide bonds. The summed E-state index contributed by atoms with van der Waals surface area (Å²) >= 11 is 0. The van der Waals surface area contributed by atoms with Crippen molar-refractivity contribution in [2.75, 3.05) is 13.2 Å². The lowest BCUT2D eigenvalue weighted by molar-refractivity contribution is -0.143. The Morgan fingerprint density at radius 1 is 0.750 bits per heavy atom. The number of benzene rings is 2. The minimum Gasteiger partial charge on any atom is -0.386 e. The van der Waals surface area contributed by atoms with Gasteiger partial charge in [-0.25, -0.2) is 0 Å². The average Bonchev–Trinajstić information content (AvgIpc) is 2.60. The van der Waals surface area contributed by atoms with Gasteiger partial charge >= 0.3 is 21.2 Å². The molecular weight excluding hydrogens is 406 g/mol. The third-order valence-electron chi connectivity index (χ3n) is 3.85. The third kappa shape index (κ3) is 5.13. The molecule has 0 aromatic heterocycles. The summed E-state index contributed by atoms with van der Waals surface area (Å²) < 4.78 is 88.7. The highest BCUT2D eigenvalue weighted by Crippen LogP contribution is 2.38. The van der Waals surface area contributed by atoms with Gasteiger partial charge in [-0.05, 0) is 43.2 Å². The lowest BCUT2D eigenvalue weighted by atomic mass is 9.99. The van der Waals surface area contributed by atoms with Gasteiger partial charge in [-0.2, -0.15) is 26.3 Å². The Kier molecular flexibility index (Phi) is 6.59. The summed E-state index contributed by atoms with van der Waals surface area (Å²) in [5.41, 5.74) is -2.90. The van der Waals surface area contributed by atoms with Crippen molar-refractivity contribution in [2.45, 2.75) is 26.2 Å². The lowest BCUT2D eigenvalue weighted by Crippen LogP contribution is -2.54. The fourth-order valence-corrected chi connectivity index (χ4v) is 4.38. The first-order chi connectivity index (χ1) is 12.9. The van der Waals surface area contributed by atoms with Gasteiger partial charge in [0, 0.05) is 18.4 Å². The maximum absolute atomic E-state index is 13.0. The number of alkyl halides is 6. The fourth-order valence-electron chi connectivity index (χ4n) is 2.59. The van der Waals surface area contributed by atoms with Gasteiger partial charge in [0.15, 0.2) is 0 Å². The molecule has 0 spiro atoms. The minimum absolute atomic E-state index is 0.0771. The van der Waals surface area contributed by atoms with Crippen LogP contribution in [0.3, 0.4) is 0 Å². The predicted octanol–water partition coefficient (Wildman–Crippen LogP) is 4.60. The van der Waals surface area contributed by atoms with Crippen LogP contribution in [0.2, 0.25) is 0 Å². The first kappa shape index (κ1) is 22.4. The van der Waals surface area contributed by atoms with Gasteiger partial charge in [0.2, 0.25) is 0 Å². The first-order valence-corrected chi connectivity index (χ1v) is 10.1. The molecule has 154 valence electrons. The molecule has 0 saturated carbocycles. The normalized spacial score (nSPS) is 13.0. The second-order valence-corrected chi connectivity index (χ2v) is 8.14. The molecule has 1 N–H and O–H groups in total. The summed E-state index contributed by atoms with van der Waals surface area (Å²) in [4.78, 5) is 10.5. The van der Waals surface area contributed by atoms with Gasteiger partial charge in [0.05, 0.1) is 11.1 Å². The molecule has 0 aliphatic carbocycles. The molecule has 0 fully saturated rings. The molecule has 2 aromatic rings. The zero-order valence-corrected chi connectivity index (χ0v) is 16.0. The number of hydrogen-bond donors (Lipinski definition) is 1. The first-order valence-electron chi connectivity index (χ1n) is 8.31. The molecule has 0 heterocycles. The zero-order chi connectivity index (χ0) is 21.2. The summed E-state index contributed by atoms with van der Waals surface area (Å²) in [6.07, 6.45) is -9.85. The quantitative estimate of drug-likeness (QED) is 0.544. The fraction of sp³-hybridized carbons (Fsp3) is 0.333. The van der Waals surface area contributed by atoms with Crippen LogP contribution in [0.4, 0.5) is 26.3 Å². The summed E-state index contributed by atoms with van der Waals surface area (Å²) in [6, 6.07) is 6.77. The van der Waals surface area contributed by atoms with Crippen molar-refractivity contribution in [1.29, 1.82) is 0 Å². The molecule has 10 heteroatoms. The van der Waals surface area contributed by atoms with Crippen molar-refractivity contribution < 1.29 is 40.0 Å². The highest BCUT2D eigenvalue weighted by atomic mass is 28.4. The van der Waals surface area contributed by atoms with E-state index in [0.717, 1.165) is 0 Å². The van der Waals surface area contributed by atoms with E-state index in [1.807, 2.05) is 0 Å². The van der Waals surface area contributed by atoms with E-state index >= 15 is 0 Å². The standard InChI is InChI=1S/C18H18F6O3Si/c1-3-26-28(25,27-4-2)16-7-5-12(6-8-16)13-9-14(17(19,20)21)11-15(10-13)18(22,23)24/h5-11,25H,3-4H2,1-2H3. The van der Waals surface area contributed by atoms with E-state index in [-0.39, 0.29) is 30.4 Å². The Balaban J connectivity index is 2.50. The van der Waals surface area contributed by atoms with Crippen LogP contribution >= 0.6 is 0 Å².